The first-order chi connectivity index (χ1) is 10.2. The smallest absolute Gasteiger partial charge is 0.405 e. The Kier molecular flexibility index (Phi) is 6.42. The van der Waals surface area contributed by atoms with Crippen LogP contribution < -0.4 is 10.6 Å². The third-order valence-electron chi connectivity index (χ3n) is 2.20. The molecule has 2 amide bonds. The van der Waals surface area contributed by atoms with Gasteiger partial charge in [-0.15, -0.1) is 22.7 Å². The van der Waals surface area contributed by atoms with Gasteiger partial charge in [0.2, 0.25) is 11.8 Å². The van der Waals surface area contributed by atoms with Crippen molar-refractivity contribution in [1.29, 1.82) is 0 Å². The molecule has 0 aliphatic rings. The lowest BCUT2D eigenvalue weighted by Gasteiger charge is -2.05. The number of carbonyl (C=O) groups excluding carboxylic acids is 2. The maximum absolute atomic E-state index is 11.5. The number of carbonyl (C=O) groups is 2. The van der Waals surface area contributed by atoms with Crippen LogP contribution in [-0.4, -0.2) is 32.7 Å². The number of rotatable bonds is 8. The van der Waals surface area contributed by atoms with E-state index in [1.54, 1.807) is 12.1 Å². The predicted octanol–water partition coefficient (Wildman–Crippen LogP) is 1.69. The van der Waals surface area contributed by atoms with E-state index in [0.29, 0.717) is 0 Å². The second-order valence-corrected chi connectivity index (χ2v) is 5.76. The first-order valence-corrected chi connectivity index (χ1v) is 7.82. The van der Waals surface area contributed by atoms with Gasteiger partial charge in [0, 0.05) is 0 Å². The normalized spacial score (nSPS) is 10.1. The standard InChI is InChI=1S/C12H13BN2O4S2/c16-9(14-11-3-1-5-20-11)7-18-13-19-8-10(17)15-12-4-2-6-21-12/h1-6,13H,7-8H2,(H,14,16)(H,15,17). The summed E-state index contributed by atoms with van der Waals surface area (Å²) in [5.74, 6) is -0.520. The van der Waals surface area contributed by atoms with Gasteiger partial charge in [-0.25, -0.2) is 0 Å². The van der Waals surface area contributed by atoms with Crippen molar-refractivity contribution in [1.82, 2.24) is 0 Å². The van der Waals surface area contributed by atoms with E-state index in [2.05, 4.69) is 10.6 Å². The van der Waals surface area contributed by atoms with Crippen molar-refractivity contribution >= 4 is 52.2 Å². The molecule has 2 N–H and O–H groups in total. The average Bonchev–Trinajstić information content (AvgIpc) is 3.12. The summed E-state index contributed by atoms with van der Waals surface area (Å²) in [6.07, 6.45) is 0. The highest BCUT2D eigenvalue weighted by molar-refractivity contribution is 7.14. The van der Waals surface area contributed by atoms with E-state index in [9.17, 15) is 9.59 Å². The molecule has 0 unspecified atom stereocenters. The predicted molar refractivity (Wildman–Crippen MR) is 85.0 cm³/mol. The molecule has 0 saturated heterocycles. The Morgan fingerprint density at radius 1 is 0.952 bits per heavy atom. The third kappa shape index (κ3) is 6.09. The van der Waals surface area contributed by atoms with Crippen LogP contribution in [0.5, 0.6) is 0 Å². The Balaban J connectivity index is 1.51. The van der Waals surface area contributed by atoms with Gasteiger partial charge in [0.1, 0.15) is 13.2 Å². The molecule has 2 aromatic heterocycles. The van der Waals surface area contributed by atoms with Crippen LogP contribution in [0.25, 0.3) is 0 Å². The highest BCUT2D eigenvalue weighted by Gasteiger charge is 2.06. The molecule has 0 saturated carbocycles. The molecule has 0 radical (unpaired) electrons. The lowest BCUT2D eigenvalue weighted by Crippen LogP contribution is -2.23. The van der Waals surface area contributed by atoms with E-state index in [1.807, 2.05) is 22.9 Å². The quantitative estimate of drug-likeness (QED) is 0.572. The van der Waals surface area contributed by atoms with Crippen LogP contribution in [0.3, 0.4) is 0 Å². The number of hydrogen-bond acceptors (Lipinski definition) is 6. The van der Waals surface area contributed by atoms with E-state index >= 15 is 0 Å². The monoisotopic (exact) mass is 324 g/mol. The zero-order valence-electron chi connectivity index (χ0n) is 11.0. The summed E-state index contributed by atoms with van der Waals surface area (Å²) in [6.45, 7) is -0.241. The zero-order valence-corrected chi connectivity index (χ0v) is 12.7. The van der Waals surface area contributed by atoms with Gasteiger partial charge < -0.3 is 19.9 Å². The molecule has 0 spiro atoms. The van der Waals surface area contributed by atoms with Crippen LogP contribution in [0.2, 0.25) is 0 Å². The van der Waals surface area contributed by atoms with Crippen LogP contribution in [0, 0.1) is 0 Å². The number of thiophene rings is 2. The molecule has 21 heavy (non-hydrogen) atoms. The number of amides is 2. The lowest BCUT2D eigenvalue weighted by molar-refractivity contribution is -0.118. The molecule has 0 atom stereocenters. The van der Waals surface area contributed by atoms with E-state index in [-0.39, 0.29) is 32.7 Å². The second kappa shape index (κ2) is 8.58. The van der Waals surface area contributed by atoms with E-state index in [1.165, 1.54) is 22.7 Å². The van der Waals surface area contributed by atoms with Crippen LogP contribution in [0.1, 0.15) is 0 Å². The fourth-order valence-electron chi connectivity index (χ4n) is 1.37. The summed E-state index contributed by atoms with van der Waals surface area (Å²) in [5, 5.41) is 10.6. The van der Waals surface area contributed by atoms with Crippen molar-refractivity contribution < 1.29 is 18.9 Å². The molecule has 0 aliphatic heterocycles. The molecular formula is C12H13BN2O4S2. The topological polar surface area (TPSA) is 76.7 Å². The minimum Gasteiger partial charge on any atom is -0.405 e. The minimum atomic E-state index is -0.260. The van der Waals surface area contributed by atoms with Crippen LogP contribution in [-0.2, 0) is 18.9 Å². The summed E-state index contributed by atoms with van der Waals surface area (Å²) in [6, 6.07) is 7.29. The largest absolute Gasteiger partial charge is 0.438 e. The van der Waals surface area contributed by atoms with Gasteiger partial charge in [0.25, 0.3) is 0 Å². The van der Waals surface area contributed by atoms with Crippen molar-refractivity contribution in [2.24, 2.45) is 0 Å². The van der Waals surface area contributed by atoms with E-state index in [4.69, 9.17) is 9.31 Å². The number of nitrogens with one attached hydrogen (secondary N) is 2. The fraction of sp³-hybridized carbons (Fsp3) is 0.167. The number of anilines is 2. The van der Waals surface area contributed by atoms with Gasteiger partial charge in [-0.2, -0.15) is 0 Å². The summed E-state index contributed by atoms with van der Waals surface area (Å²) in [5.41, 5.74) is 0. The van der Waals surface area contributed by atoms with Gasteiger partial charge in [0.05, 0.1) is 10.0 Å². The zero-order chi connectivity index (χ0) is 14.9. The molecule has 2 heterocycles. The molecular weight excluding hydrogens is 311 g/mol. The average molecular weight is 324 g/mol. The van der Waals surface area contributed by atoms with Gasteiger partial charge in [-0.1, -0.05) is 0 Å². The summed E-state index contributed by atoms with van der Waals surface area (Å²) < 4.78 is 10.0. The maximum Gasteiger partial charge on any atom is 0.438 e. The Morgan fingerprint density at radius 2 is 1.43 bits per heavy atom. The van der Waals surface area contributed by atoms with Crippen molar-refractivity contribution in [3.63, 3.8) is 0 Å². The third-order valence-corrected chi connectivity index (χ3v) is 3.77. The van der Waals surface area contributed by atoms with Crippen LogP contribution in [0.15, 0.2) is 35.0 Å². The Morgan fingerprint density at radius 3 is 1.81 bits per heavy atom. The maximum atomic E-state index is 11.5. The molecule has 2 rings (SSSR count). The molecule has 0 aliphatic carbocycles. The molecule has 0 fully saturated rings. The minimum absolute atomic E-state index is 0.115. The molecule has 2 aromatic rings. The summed E-state index contributed by atoms with van der Waals surface area (Å²) in [7, 11) is -0.115. The Hall–Kier alpha value is -1.68. The fourth-order valence-corrected chi connectivity index (χ4v) is 2.64. The SMILES string of the molecule is O=C(COBOCC(=O)Nc1cccs1)Nc1cccs1. The van der Waals surface area contributed by atoms with Crippen LogP contribution >= 0.6 is 22.7 Å². The lowest BCUT2D eigenvalue weighted by atomic mass is 10.4. The van der Waals surface area contributed by atoms with Crippen molar-refractivity contribution in [2.45, 2.75) is 0 Å². The van der Waals surface area contributed by atoms with Gasteiger partial charge in [-0.3, -0.25) is 9.59 Å². The highest BCUT2D eigenvalue weighted by Crippen LogP contribution is 2.15. The van der Waals surface area contributed by atoms with Gasteiger partial charge in [-0.05, 0) is 35.0 Å². The van der Waals surface area contributed by atoms with E-state index in [0.717, 1.165) is 10.0 Å². The summed E-state index contributed by atoms with van der Waals surface area (Å²) >= 11 is 2.86. The number of hydrogen-bond donors (Lipinski definition) is 2. The summed E-state index contributed by atoms with van der Waals surface area (Å²) in [4.78, 5) is 22.9. The molecule has 0 aromatic carbocycles. The van der Waals surface area contributed by atoms with Gasteiger partial charge in [0.15, 0.2) is 0 Å². The Labute approximate surface area is 130 Å². The van der Waals surface area contributed by atoms with Crippen molar-refractivity contribution in [2.75, 3.05) is 23.8 Å². The van der Waals surface area contributed by atoms with Crippen molar-refractivity contribution in [3.8, 4) is 0 Å². The second-order valence-electron chi connectivity index (χ2n) is 3.87. The van der Waals surface area contributed by atoms with Gasteiger partial charge >= 0.3 is 7.69 Å². The van der Waals surface area contributed by atoms with Crippen molar-refractivity contribution in [3.05, 3.63) is 35.0 Å². The molecule has 6 nitrogen and oxygen atoms in total. The highest BCUT2D eigenvalue weighted by atomic mass is 32.1. The first-order valence-electron chi connectivity index (χ1n) is 6.06. The molecule has 110 valence electrons. The first kappa shape index (κ1) is 15.7. The Bertz CT molecular complexity index is 510. The van der Waals surface area contributed by atoms with Crippen LogP contribution in [0.4, 0.5) is 10.0 Å². The van der Waals surface area contributed by atoms with E-state index < -0.39 is 0 Å². The molecule has 0 bridgehead atoms. The molecule has 9 heteroatoms.